The van der Waals surface area contributed by atoms with Gasteiger partial charge in [0.2, 0.25) is 0 Å². The zero-order valence-electron chi connectivity index (χ0n) is 18.5. The van der Waals surface area contributed by atoms with E-state index >= 15 is 0 Å². The van der Waals surface area contributed by atoms with Crippen LogP contribution in [0.1, 0.15) is 84.1 Å². The summed E-state index contributed by atoms with van der Waals surface area (Å²) in [5, 5.41) is 0. The second kappa shape index (κ2) is 26.4. The minimum Gasteiger partial charge on any atom is -0.103 e. The van der Waals surface area contributed by atoms with Crippen molar-refractivity contribution in [3.05, 3.63) is 84.9 Å². The third-order valence-electron chi connectivity index (χ3n) is 3.83. The molecule has 2 aromatic rings. The van der Waals surface area contributed by atoms with Gasteiger partial charge >= 0.3 is 0 Å². The quantitative estimate of drug-likeness (QED) is 0.321. The molecule has 0 bridgehead atoms. The molecule has 0 unspecified atom stereocenters. The van der Waals surface area contributed by atoms with Gasteiger partial charge in [-0.2, -0.15) is 0 Å². The summed E-state index contributed by atoms with van der Waals surface area (Å²) in [5.74, 6) is 0. The first-order valence-corrected chi connectivity index (χ1v) is 10.8. The van der Waals surface area contributed by atoms with Crippen LogP contribution in [0.5, 0.6) is 0 Å². The van der Waals surface area contributed by atoms with E-state index in [0.717, 1.165) is 0 Å². The van der Waals surface area contributed by atoms with Gasteiger partial charge in [0.1, 0.15) is 0 Å². The molecule has 0 atom stereocenters. The van der Waals surface area contributed by atoms with E-state index in [-0.39, 0.29) is 0 Å². The number of allylic oxidation sites excluding steroid dienone is 1. The van der Waals surface area contributed by atoms with E-state index < -0.39 is 0 Å². The van der Waals surface area contributed by atoms with Crippen LogP contribution in [0.25, 0.3) is 0 Å². The Kier molecular flexibility index (Phi) is 26.8. The van der Waals surface area contributed by atoms with Crippen LogP contribution in [-0.2, 0) is 0 Å². The van der Waals surface area contributed by atoms with Crippen LogP contribution in [0.2, 0.25) is 0 Å². The zero-order valence-corrected chi connectivity index (χ0v) is 18.5. The maximum atomic E-state index is 3.60. The summed E-state index contributed by atoms with van der Waals surface area (Å²) >= 11 is 0. The van der Waals surface area contributed by atoms with Crippen LogP contribution in [0, 0.1) is 6.92 Å². The van der Waals surface area contributed by atoms with Crippen molar-refractivity contribution >= 4 is 0 Å². The van der Waals surface area contributed by atoms with Crippen LogP contribution >= 0.6 is 0 Å². The molecular formula is C27H44. The maximum Gasteiger partial charge on any atom is -0.0354 e. The van der Waals surface area contributed by atoms with Crippen molar-refractivity contribution in [1.82, 2.24) is 0 Å². The lowest BCUT2D eigenvalue weighted by atomic mass is 10.1. The average Bonchev–Trinajstić information content (AvgIpc) is 2.73. The van der Waals surface area contributed by atoms with Crippen molar-refractivity contribution in [2.45, 2.75) is 85.5 Å². The van der Waals surface area contributed by atoms with Crippen LogP contribution in [0.3, 0.4) is 0 Å². The number of benzene rings is 2. The highest BCUT2D eigenvalue weighted by Crippen LogP contribution is 2.03. The first-order valence-electron chi connectivity index (χ1n) is 10.8. The number of unbranched alkanes of at least 4 members (excludes halogenated alkanes) is 7. The van der Waals surface area contributed by atoms with Gasteiger partial charge in [-0.3, -0.25) is 0 Å². The van der Waals surface area contributed by atoms with Crippen LogP contribution in [0.15, 0.2) is 79.4 Å². The molecule has 0 amide bonds. The Morgan fingerprint density at radius 2 is 0.963 bits per heavy atom. The van der Waals surface area contributed by atoms with Gasteiger partial charge in [0.25, 0.3) is 0 Å². The highest BCUT2D eigenvalue weighted by atomic mass is 13.9. The molecule has 0 fully saturated rings. The van der Waals surface area contributed by atoms with E-state index in [1.807, 2.05) is 60.7 Å². The van der Waals surface area contributed by atoms with Gasteiger partial charge in [0, 0.05) is 0 Å². The third kappa shape index (κ3) is 29.2. The Labute approximate surface area is 170 Å². The Hall–Kier alpha value is -1.82. The Morgan fingerprint density at radius 3 is 1.19 bits per heavy atom. The normalized spacial score (nSPS) is 8.74. The van der Waals surface area contributed by atoms with Crippen molar-refractivity contribution in [3.63, 3.8) is 0 Å². The zero-order chi connectivity index (χ0) is 20.4. The molecule has 152 valence electrons. The highest BCUT2D eigenvalue weighted by Gasteiger charge is 1.83. The average molecular weight is 369 g/mol. The van der Waals surface area contributed by atoms with Gasteiger partial charge < -0.3 is 0 Å². The van der Waals surface area contributed by atoms with Crippen molar-refractivity contribution in [1.29, 1.82) is 0 Å². The molecule has 0 nitrogen and oxygen atoms in total. The molecule has 0 aliphatic rings. The Bertz CT molecular complexity index is 425. The number of hydrogen-bond donors (Lipinski definition) is 0. The fourth-order valence-electron chi connectivity index (χ4n) is 2.12. The lowest BCUT2D eigenvalue weighted by Gasteiger charge is -1.93. The van der Waals surface area contributed by atoms with Crippen LogP contribution < -0.4 is 0 Å². The molecular weight excluding hydrogens is 324 g/mol. The molecule has 0 N–H and O–H groups in total. The minimum absolute atomic E-state index is 1.18. The fraction of sp³-hybridized carbons (Fsp3) is 0.481. The molecule has 0 heterocycles. The lowest BCUT2D eigenvalue weighted by Crippen LogP contribution is -1.73. The minimum atomic E-state index is 1.18. The Morgan fingerprint density at radius 1 is 0.593 bits per heavy atom. The molecule has 0 aliphatic heterocycles. The van der Waals surface area contributed by atoms with Crippen LogP contribution in [0.4, 0.5) is 0 Å². The highest BCUT2D eigenvalue weighted by molar-refractivity contribution is 5.11. The summed E-state index contributed by atoms with van der Waals surface area (Å²) in [7, 11) is 0. The summed E-state index contributed by atoms with van der Waals surface area (Å²) < 4.78 is 0. The van der Waals surface area contributed by atoms with Crippen molar-refractivity contribution < 1.29 is 0 Å². The van der Waals surface area contributed by atoms with E-state index in [9.17, 15) is 0 Å². The molecule has 2 aromatic carbocycles. The second-order valence-corrected chi connectivity index (χ2v) is 6.65. The molecule has 0 aliphatic carbocycles. The van der Waals surface area contributed by atoms with E-state index in [1.54, 1.807) is 0 Å². The number of hydrogen-bond acceptors (Lipinski definition) is 0. The molecule has 0 saturated carbocycles. The summed E-state index contributed by atoms with van der Waals surface area (Å²) in [4.78, 5) is 0. The van der Waals surface area contributed by atoms with Crippen molar-refractivity contribution in [2.24, 2.45) is 0 Å². The van der Waals surface area contributed by atoms with Gasteiger partial charge in [-0.05, 0) is 13.3 Å². The predicted molar refractivity (Wildman–Crippen MR) is 126 cm³/mol. The fourth-order valence-corrected chi connectivity index (χ4v) is 2.12. The smallest absolute Gasteiger partial charge is 0.0354 e. The van der Waals surface area contributed by atoms with Gasteiger partial charge in [-0.25, -0.2) is 0 Å². The third-order valence-corrected chi connectivity index (χ3v) is 3.83. The van der Waals surface area contributed by atoms with Gasteiger partial charge in [-0.1, -0.05) is 151 Å². The molecule has 0 radical (unpaired) electrons. The van der Waals surface area contributed by atoms with Crippen molar-refractivity contribution in [2.75, 3.05) is 0 Å². The van der Waals surface area contributed by atoms with E-state index in [4.69, 9.17) is 0 Å². The molecule has 0 saturated heterocycles. The first-order chi connectivity index (χ1) is 13.2. The van der Waals surface area contributed by atoms with Crippen molar-refractivity contribution in [3.8, 4) is 0 Å². The molecule has 0 aromatic heterocycles. The summed E-state index contributed by atoms with van der Waals surface area (Å²) in [6.07, 6.45) is 14.2. The molecule has 2 rings (SSSR count). The van der Waals surface area contributed by atoms with Gasteiger partial charge in [0.05, 0.1) is 0 Å². The van der Waals surface area contributed by atoms with E-state index in [1.165, 1.54) is 63.4 Å². The maximum absolute atomic E-state index is 3.60. The number of aryl methyl sites for hydroxylation is 1. The number of rotatable bonds is 8. The summed E-state index contributed by atoms with van der Waals surface area (Å²) in [6, 6.07) is 22.3. The molecule has 27 heavy (non-hydrogen) atoms. The Balaban J connectivity index is 0. The van der Waals surface area contributed by atoms with E-state index in [0.29, 0.717) is 0 Å². The molecule has 0 spiro atoms. The summed E-state index contributed by atoms with van der Waals surface area (Å²) in [6.45, 7) is 12.4. The van der Waals surface area contributed by atoms with Gasteiger partial charge in [-0.15, -0.1) is 6.58 Å². The predicted octanol–water partition coefficient (Wildman–Crippen LogP) is 9.41. The van der Waals surface area contributed by atoms with Crippen LogP contribution in [-0.4, -0.2) is 0 Å². The van der Waals surface area contributed by atoms with E-state index in [2.05, 4.69) is 46.4 Å². The SMILES string of the molecule is C=CCCCC.CCCCCCCC.Cc1ccccc1.c1ccccc1. The summed E-state index contributed by atoms with van der Waals surface area (Å²) in [5.41, 5.74) is 1.32. The molecule has 0 heteroatoms. The standard InChI is InChI=1S/C8H18.C7H8.C6H6.C6H12/c1-3-5-7-8-6-4-2;1-7-5-3-2-4-6-7;1-2-4-6-5-3-1;1-3-5-6-4-2/h3-8H2,1-2H3;2-6H,1H3;1-6H;3H,1,4-6H2,2H3. The monoisotopic (exact) mass is 368 g/mol. The first kappa shape index (κ1) is 27.4. The lowest BCUT2D eigenvalue weighted by molar-refractivity contribution is 0.624. The second-order valence-electron chi connectivity index (χ2n) is 6.65. The largest absolute Gasteiger partial charge is 0.103 e. The van der Waals surface area contributed by atoms with Gasteiger partial charge in [0.15, 0.2) is 0 Å². The topological polar surface area (TPSA) is 0 Å².